The quantitative estimate of drug-likeness (QED) is 0.613. The highest BCUT2D eigenvalue weighted by atomic mass is 16.6. The van der Waals surface area contributed by atoms with Gasteiger partial charge in [-0.2, -0.15) is 0 Å². The van der Waals surface area contributed by atoms with E-state index in [1.54, 1.807) is 13.0 Å². The van der Waals surface area contributed by atoms with Crippen molar-refractivity contribution in [1.29, 1.82) is 0 Å². The number of aliphatic carboxylic acids is 1. The predicted octanol–water partition coefficient (Wildman–Crippen LogP) is 2.41. The van der Waals surface area contributed by atoms with Crippen molar-refractivity contribution in [3.8, 4) is 5.75 Å². The van der Waals surface area contributed by atoms with Gasteiger partial charge in [0.2, 0.25) is 0 Å². The van der Waals surface area contributed by atoms with Crippen LogP contribution in [0.1, 0.15) is 26.2 Å². The molecule has 20 heavy (non-hydrogen) atoms. The van der Waals surface area contributed by atoms with Gasteiger partial charge in [0.15, 0.2) is 0 Å². The zero-order valence-electron chi connectivity index (χ0n) is 11.1. The van der Waals surface area contributed by atoms with Crippen LogP contribution < -0.4 is 10.1 Å². The number of hydrogen-bond acceptors (Lipinski definition) is 5. The van der Waals surface area contributed by atoms with Crippen molar-refractivity contribution >= 4 is 17.3 Å². The van der Waals surface area contributed by atoms with Crippen molar-refractivity contribution in [2.24, 2.45) is 0 Å². The van der Waals surface area contributed by atoms with Gasteiger partial charge in [-0.05, 0) is 26.2 Å². The second-order valence-corrected chi connectivity index (χ2v) is 4.77. The summed E-state index contributed by atoms with van der Waals surface area (Å²) in [6.07, 6.45) is 1.84. The van der Waals surface area contributed by atoms with Gasteiger partial charge >= 0.3 is 5.97 Å². The highest BCUT2D eigenvalue weighted by Crippen LogP contribution is 2.37. The lowest BCUT2D eigenvalue weighted by Crippen LogP contribution is -2.52. The molecule has 0 heterocycles. The number of anilines is 1. The monoisotopic (exact) mass is 280 g/mol. The number of nitro benzene ring substituents is 1. The van der Waals surface area contributed by atoms with Gasteiger partial charge in [0.1, 0.15) is 11.3 Å². The first-order chi connectivity index (χ1) is 9.47. The third-order valence-electron chi connectivity index (χ3n) is 3.41. The summed E-state index contributed by atoms with van der Waals surface area (Å²) >= 11 is 0. The lowest BCUT2D eigenvalue weighted by Gasteiger charge is -2.39. The molecule has 7 nitrogen and oxygen atoms in total. The Morgan fingerprint density at radius 2 is 2.20 bits per heavy atom. The molecule has 0 unspecified atom stereocenters. The lowest BCUT2D eigenvalue weighted by molar-refractivity contribution is -0.384. The Hall–Kier alpha value is -2.31. The normalized spacial score (nSPS) is 16.1. The van der Waals surface area contributed by atoms with Crippen LogP contribution in [0.2, 0.25) is 0 Å². The van der Waals surface area contributed by atoms with Crippen molar-refractivity contribution in [1.82, 2.24) is 0 Å². The number of rotatable bonds is 6. The highest BCUT2D eigenvalue weighted by Gasteiger charge is 2.44. The molecule has 2 rings (SSSR count). The molecule has 1 fully saturated rings. The number of ether oxygens (including phenoxy) is 1. The largest absolute Gasteiger partial charge is 0.494 e. The second kappa shape index (κ2) is 5.36. The number of non-ortho nitro benzene ring substituents is 1. The van der Waals surface area contributed by atoms with E-state index in [9.17, 15) is 20.0 Å². The summed E-state index contributed by atoms with van der Waals surface area (Å²) in [5.41, 5.74) is -0.748. The van der Waals surface area contributed by atoms with Gasteiger partial charge in [-0.25, -0.2) is 4.79 Å². The highest BCUT2D eigenvalue weighted by molar-refractivity contribution is 5.84. The van der Waals surface area contributed by atoms with E-state index in [4.69, 9.17) is 4.74 Å². The third-order valence-corrected chi connectivity index (χ3v) is 3.41. The molecular weight excluding hydrogens is 264 g/mol. The number of nitro groups is 1. The van der Waals surface area contributed by atoms with Crippen LogP contribution in [0.4, 0.5) is 11.4 Å². The van der Waals surface area contributed by atoms with E-state index in [-0.39, 0.29) is 5.69 Å². The predicted molar refractivity (Wildman–Crippen MR) is 72.1 cm³/mol. The summed E-state index contributed by atoms with van der Waals surface area (Å²) in [6.45, 7) is 2.15. The van der Waals surface area contributed by atoms with Crippen molar-refractivity contribution in [2.45, 2.75) is 31.7 Å². The Balaban J connectivity index is 2.30. The molecule has 0 atom stereocenters. The Labute approximate surface area is 115 Å². The van der Waals surface area contributed by atoms with Gasteiger partial charge in [0.25, 0.3) is 5.69 Å². The topological polar surface area (TPSA) is 102 Å². The van der Waals surface area contributed by atoms with Gasteiger partial charge in [0, 0.05) is 17.8 Å². The van der Waals surface area contributed by atoms with Crippen LogP contribution in [0.3, 0.4) is 0 Å². The average Bonchev–Trinajstić information content (AvgIpc) is 2.33. The van der Waals surface area contributed by atoms with E-state index < -0.39 is 16.4 Å². The summed E-state index contributed by atoms with van der Waals surface area (Å²) in [5.74, 6) is -0.586. The van der Waals surface area contributed by atoms with E-state index in [2.05, 4.69) is 5.32 Å². The maximum atomic E-state index is 11.3. The first kappa shape index (κ1) is 14.1. The molecule has 1 saturated carbocycles. The maximum Gasteiger partial charge on any atom is 0.329 e. The zero-order chi connectivity index (χ0) is 14.8. The number of carboxylic acids is 1. The molecule has 0 aliphatic heterocycles. The van der Waals surface area contributed by atoms with Gasteiger partial charge in [-0.1, -0.05) is 0 Å². The molecule has 1 aromatic carbocycles. The lowest BCUT2D eigenvalue weighted by atomic mass is 9.76. The standard InChI is InChI=1S/C13H16N2O5/c1-2-20-11-7-9(6-10(8-11)15(18)19)14-13(12(16)17)4-3-5-13/h6-8,14H,2-5H2,1H3,(H,16,17). The fraction of sp³-hybridized carbons (Fsp3) is 0.462. The van der Waals surface area contributed by atoms with Crippen LogP contribution in [0.25, 0.3) is 0 Å². The Morgan fingerprint density at radius 1 is 1.50 bits per heavy atom. The smallest absolute Gasteiger partial charge is 0.329 e. The van der Waals surface area contributed by atoms with Gasteiger partial charge in [-0.15, -0.1) is 0 Å². The molecule has 1 aliphatic rings. The molecule has 0 radical (unpaired) electrons. The van der Waals surface area contributed by atoms with Crippen molar-refractivity contribution < 1.29 is 19.6 Å². The average molecular weight is 280 g/mol. The molecule has 0 amide bonds. The van der Waals surface area contributed by atoms with Gasteiger partial charge < -0.3 is 15.2 Å². The van der Waals surface area contributed by atoms with Crippen molar-refractivity contribution in [2.75, 3.05) is 11.9 Å². The minimum absolute atomic E-state index is 0.127. The summed E-state index contributed by atoms with van der Waals surface area (Å²) in [4.78, 5) is 21.7. The molecule has 0 saturated heterocycles. The molecule has 0 spiro atoms. The number of benzene rings is 1. The van der Waals surface area contributed by atoms with E-state index in [0.717, 1.165) is 6.42 Å². The molecule has 108 valence electrons. The first-order valence-corrected chi connectivity index (χ1v) is 6.41. The van der Waals surface area contributed by atoms with Crippen LogP contribution in [-0.4, -0.2) is 28.1 Å². The van der Waals surface area contributed by atoms with E-state index in [0.29, 0.717) is 30.9 Å². The summed E-state index contributed by atoms with van der Waals surface area (Å²) in [6, 6.07) is 4.23. The SMILES string of the molecule is CCOc1cc(NC2(C(=O)O)CCC2)cc([N+](=O)[O-])c1. The Kier molecular flexibility index (Phi) is 3.78. The second-order valence-electron chi connectivity index (χ2n) is 4.77. The molecule has 1 aromatic rings. The van der Waals surface area contributed by atoms with Crippen molar-refractivity contribution in [3.05, 3.63) is 28.3 Å². The van der Waals surface area contributed by atoms with E-state index in [1.807, 2.05) is 0 Å². The van der Waals surface area contributed by atoms with E-state index in [1.165, 1.54) is 12.1 Å². The summed E-state index contributed by atoms with van der Waals surface area (Å²) in [7, 11) is 0. The Bertz CT molecular complexity index is 540. The zero-order valence-corrected chi connectivity index (χ0v) is 11.1. The fourth-order valence-corrected chi connectivity index (χ4v) is 2.21. The molecule has 2 N–H and O–H groups in total. The fourth-order valence-electron chi connectivity index (χ4n) is 2.21. The third kappa shape index (κ3) is 2.66. The maximum absolute atomic E-state index is 11.3. The molecule has 0 bridgehead atoms. The first-order valence-electron chi connectivity index (χ1n) is 6.41. The molecular formula is C13H16N2O5. The minimum atomic E-state index is -1.02. The molecule has 0 aromatic heterocycles. The Morgan fingerprint density at radius 3 is 2.65 bits per heavy atom. The van der Waals surface area contributed by atoms with E-state index >= 15 is 0 Å². The van der Waals surface area contributed by atoms with Gasteiger partial charge in [0.05, 0.1) is 17.6 Å². The number of carboxylic acid groups (broad SMARTS) is 1. The number of carbonyl (C=O) groups is 1. The number of hydrogen-bond donors (Lipinski definition) is 2. The number of nitrogens with one attached hydrogen (secondary N) is 1. The van der Waals surface area contributed by atoms with Crippen LogP contribution in [0, 0.1) is 10.1 Å². The van der Waals surface area contributed by atoms with Crippen LogP contribution in [0.5, 0.6) is 5.75 Å². The molecule has 1 aliphatic carbocycles. The van der Waals surface area contributed by atoms with Crippen molar-refractivity contribution in [3.63, 3.8) is 0 Å². The van der Waals surface area contributed by atoms with Gasteiger partial charge in [-0.3, -0.25) is 10.1 Å². The number of nitrogens with zero attached hydrogens (tertiary/aromatic N) is 1. The van der Waals surface area contributed by atoms with Crippen LogP contribution >= 0.6 is 0 Å². The summed E-state index contributed by atoms with van der Waals surface area (Å²) < 4.78 is 5.27. The van der Waals surface area contributed by atoms with Crippen LogP contribution in [-0.2, 0) is 4.79 Å². The molecule has 7 heteroatoms. The minimum Gasteiger partial charge on any atom is -0.494 e. The van der Waals surface area contributed by atoms with Crippen LogP contribution in [0.15, 0.2) is 18.2 Å². The summed E-state index contributed by atoms with van der Waals surface area (Å²) in [5, 5.41) is 23.1.